The molecule has 6 nitrogen and oxygen atoms in total. The van der Waals surface area contributed by atoms with Crippen LogP contribution in [0.1, 0.15) is 18.6 Å². The first kappa shape index (κ1) is 15.5. The van der Waals surface area contributed by atoms with Gasteiger partial charge in [-0.25, -0.2) is 4.79 Å². The second-order valence-corrected chi connectivity index (χ2v) is 4.73. The van der Waals surface area contributed by atoms with Crippen LogP contribution >= 0.6 is 0 Å². The van der Waals surface area contributed by atoms with Crippen LogP contribution in [0.5, 0.6) is 0 Å². The van der Waals surface area contributed by atoms with Gasteiger partial charge < -0.3 is 19.5 Å². The number of hydrogen-bond donors (Lipinski definition) is 1. The average Bonchev–Trinajstić information content (AvgIpc) is 2.53. The lowest BCUT2D eigenvalue weighted by atomic mass is 10.1. The number of rotatable bonds is 5. The van der Waals surface area contributed by atoms with Crippen LogP contribution in [-0.4, -0.2) is 54.3 Å². The van der Waals surface area contributed by atoms with Crippen molar-refractivity contribution in [1.29, 1.82) is 0 Å². The summed E-state index contributed by atoms with van der Waals surface area (Å²) in [6.45, 7) is 2.86. The Morgan fingerprint density at radius 2 is 2.14 bits per heavy atom. The van der Waals surface area contributed by atoms with Crippen molar-refractivity contribution in [3.63, 3.8) is 0 Å². The van der Waals surface area contributed by atoms with Crippen LogP contribution < -0.4 is 0 Å². The second-order valence-electron chi connectivity index (χ2n) is 4.73. The summed E-state index contributed by atoms with van der Waals surface area (Å²) in [5, 5.41) is 9.00. The van der Waals surface area contributed by atoms with E-state index in [9.17, 15) is 9.59 Å². The zero-order valence-corrected chi connectivity index (χ0v) is 11.9. The number of nitrogens with zero attached hydrogens (tertiary/aromatic N) is 1. The van der Waals surface area contributed by atoms with Crippen molar-refractivity contribution in [2.45, 2.75) is 19.1 Å². The highest BCUT2D eigenvalue weighted by Gasteiger charge is 2.33. The SMILES string of the molecule is CCO[C@@H](C(=O)N1CCO[C@@H](C(=O)O)C1)c1ccccc1. The molecule has 114 valence electrons. The number of hydrogen-bond acceptors (Lipinski definition) is 4. The van der Waals surface area contributed by atoms with Crippen LogP contribution in [0, 0.1) is 0 Å². The Morgan fingerprint density at radius 3 is 2.76 bits per heavy atom. The number of carboxylic acid groups (broad SMARTS) is 1. The van der Waals surface area contributed by atoms with Crippen LogP contribution in [0.4, 0.5) is 0 Å². The first-order valence-electron chi connectivity index (χ1n) is 6.93. The Labute approximate surface area is 123 Å². The standard InChI is InChI=1S/C15H19NO5/c1-2-20-13(11-6-4-3-5-7-11)14(17)16-8-9-21-12(10-16)15(18)19/h3-7,12-13H,2,8-10H2,1H3,(H,18,19)/t12-,13-/m1/s1. The van der Waals surface area contributed by atoms with Crippen molar-refractivity contribution >= 4 is 11.9 Å². The maximum Gasteiger partial charge on any atom is 0.334 e. The molecule has 0 saturated carbocycles. The minimum absolute atomic E-state index is 0.0462. The highest BCUT2D eigenvalue weighted by Crippen LogP contribution is 2.21. The summed E-state index contributed by atoms with van der Waals surface area (Å²) in [6, 6.07) is 9.20. The number of aliphatic carboxylic acids is 1. The molecule has 1 aliphatic heterocycles. The molecule has 1 saturated heterocycles. The quantitative estimate of drug-likeness (QED) is 0.879. The molecule has 1 aromatic carbocycles. The lowest BCUT2D eigenvalue weighted by Crippen LogP contribution is -2.50. The number of ether oxygens (including phenoxy) is 2. The summed E-state index contributed by atoms with van der Waals surface area (Å²) >= 11 is 0. The van der Waals surface area contributed by atoms with Gasteiger partial charge in [-0.1, -0.05) is 30.3 Å². The van der Waals surface area contributed by atoms with E-state index >= 15 is 0 Å². The largest absolute Gasteiger partial charge is 0.479 e. The molecule has 1 fully saturated rings. The Hall–Kier alpha value is -1.92. The highest BCUT2D eigenvalue weighted by atomic mass is 16.5. The first-order valence-corrected chi connectivity index (χ1v) is 6.93. The number of carbonyl (C=O) groups is 2. The van der Waals surface area contributed by atoms with Gasteiger partial charge in [-0.3, -0.25) is 4.79 Å². The molecular formula is C15H19NO5. The molecule has 2 rings (SSSR count). The predicted octanol–water partition coefficient (Wildman–Crippen LogP) is 1.08. The third-order valence-corrected chi connectivity index (χ3v) is 3.31. The van der Waals surface area contributed by atoms with E-state index in [-0.39, 0.29) is 19.1 Å². The molecule has 1 aromatic rings. The van der Waals surface area contributed by atoms with E-state index in [1.807, 2.05) is 37.3 Å². The van der Waals surface area contributed by atoms with Gasteiger partial charge in [0.25, 0.3) is 5.91 Å². The number of carboxylic acids is 1. The van der Waals surface area contributed by atoms with Gasteiger partial charge in [-0.05, 0) is 12.5 Å². The van der Waals surface area contributed by atoms with Gasteiger partial charge in [0.05, 0.1) is 13.2 Å². The van der Waals surface area contributed by atoms with Gasteiger partial charge in [-0.15, -0.1) is 0 Å². The van der Waals surface area contributed by atoms with Crippen LogP contribution in [0.15, 0.2) is 30.3 Å². The fourth-order valence-electron chi connectivity index (χ4n) is 2.27. The summed E-state index contributed by atoms with van der Waals surface area (Å²) in [7, 11) is 0. The summed E-state index contributed by atoms with van der Waals surface area (Å²) in [5.41, 5.74) is 0.766. The maximum absolute atomic E-state index is 12.6. The van der Waals surface area contributed by atoms with Gasteiger partial charge in [0.2, 0.25) is 0 Å². The van der Waals surface area contributed by atoms with Crippen LogP contribution in [0.2, 0.25) is 0 Å². The van der Waals surface area contributed by atoms with Crippen molar-refractivity contribution in [3.8, 4) is 0 Å². The fraction of sp³-hybridized carbons (Fsp3) is 0.467. The van der Waals surface area contributed by atoms with Crippen molar-refractivity contribution in [2.24, 2.45) is 0 Å². The highest BCUT2D eigenvalue weighted by molar-refractivity contribution is 5.83. The zero-order valence-electron chi connectivity index (χ0n) is 11.9. The molecule has 1 heterocycles. The summed E-state index contributed by atoms with van der Waals surface area (Å²) < 4.78 is 10.7. The average molecular weight is 293 g/mol. The van der Waals surface area contributed by atoms with Gasteiger partial charge in [0, 0.05) is 13.2 Å². The minimum atomic E-state index is -1.06. The number of amides is 1. The van der Waals surface area contributed by atoms with E-state index < -0.39 is 18.2 Å². The van der Waals surface area contributed by atoms with E-state index in [0.717, 1.165) is 5.56 Å². The van der Waals surface area contributed by atoms with E-state index in [1.54, 1.807) is 0 Å². The fourth-order valence-corrected chi connectivity index (χ4v) is 2.27. The van der Waals surface area contributed by atoms with Gasteiger partial charge in [0.1, 0.15) is 0 Å². The Bertz CT molecular complexity index is 490. The van der Waals surface area contributed by atoms with E-state index in [4.69, 9.17) is 14.6 Å². The zero-order chi connectivity index (χ0) is 15.2. The van der Waals surface area contributed by atoms with Crippen LogP contribution in [0.3, 0.4) is 0 Å². The van der Waals surface area contributed by atoms with Crippen molar-refractivity contribution in [3.05, 3.63) is 35.9 Å². The van der Waals surface area contributed by atoms with Crippen LogP contribution in [0.25, 0.3) is 0 Å². The molecule has 0 spiro atoms. The van der Waals surface area contributed by atoms with Gasteiger partial charge >= 0.3 is 5.97 Å². The molecule has 0 radical (unpaired) electrons. The topological polar surface area (TPSA) is 76.1 Å². The second kappa shape index (κ2) is 7.19. The van der Waals surface area contributed by atoms with Crippen LogP contribution in [-0.2, 0) is 19.1 Å². The van der Waals surface area contributed by atoms with Crippen molar-refractivity contribution in [2.75, 3.05) is 26.3 Å². The smallest absolute Gasteiger partial charge is 0.334 e. The van der Waals surface area contributed by atoms with E-state index in [1.165, 1.54) is 4.90 Å². The lowest BCUT2D eigenvalue weighted by Gasteiger charge is -2.33. The Morgan fingerprint density at radius 1 is 1.43 bits per heavy atom. The van der Waals surface area contributed by atoms with Gasteiger partial charge in [-0.2, -0.15) is 0 Å². The summed E-state index contributed by atoms with van der Waals surface area (Å²) in [6.07, 6.45) is -1.68. The molecule has 6 heteroatoms. The monoisotopic (exact) mass is 293 g/mol. The number of benzene rings is 1. The van der Waals surface area contributed by atoms with E-state index in [0.29, 0.717) is 13.2 Å². The maximum atomic E-state index is 12.6. The molecule has 1 N–H and O–H groups in total. The molecule has 21 heavy (non-hydrogen) atoms. The molecule has 0 bridgehead atoms. The van der Waals surface area contributed by atoms with Gasteiger partial charge in [0.15, 0.2) is 12.2 Å². The molecule has 1 aliphatic rings. The van der Waals surface area contributed by atoms with E-state index in [2.05, 4.69) is 0 Å². The molecule has 0 unspecified atom stereocenters. The summed E-state index contributed by atoms with van der Waals surface area (Å²) in [5.74, 6) is -1.28. The van der Waals surface area contributed by atoms with Crippen molar-refractivity contribution < 1.29 is 24.2 Å². The normalized spacial score (nSPS) is 20.0. The lowest BCUT2D eigenvalue weighted by molar-refractivity contribution is -0.163. The number of morpholine rings is 1. The van der Waals surface area contributed by atoms with Crippen molar-refractivity contribution in [1.82, 2.24) is 4.90 Å². The molecule has 0 aliphatic carbocycles. The molecule has 2 atom stereocenters. The number of carbonyl (C=O) groups excluding carboxylic acids is 1. The third kappa shape index (κ3) is 3.80. The molecule has 0 aromatic heterocycles. The first-order chi connectivity index (χ1) is 10.1. The Kier molecular flexibility index (Phi) is 5.30. The molecular weight excluding hydrogens is 274 g/mol. The minimum Gasteiger partial charge on any atom is -0.479 e. The third-order valence-electron chi connectivity index (χ3n) is 3.31. The molecule has 1 amide bonds. The summed E-state index contributed by atoms with van der Waals surface area (Å²) in [4.78, 5) is 25.1. The Balaban J connectivity index is 2.13. The predicted molar refractivity (Wildman–Crippen MR) is 74.8 cm³/mol.